The van der Waals surface area contributed by atoms with E-state index in [0.717, 1.165) is 12.8 Å². The Morgan fingerprint density at radius 2 is 2.22 bits per heavy atom. The maximum absolute atomic E-state index is 6.12. The molecule has 0 fully saturated rings. The van der Waals surface area contributed by atoms with E-state index in [4.69, 9.17) is 10.3 Å². The topological polar surface area (TPSA) is 64.9 Å². The van der Waals surface area contributed by atoms with Crippen LogP contribution in [0.3, 0.4) is 0 Å². The smallest absolute Gasteiger partial charge is 0.234 e. The number of nitrogens with zero attached hydrogens (tertiary/aromatic N) is 2. The molecule has 2 atom stereocenters. The van der Waals surface area contributed by atoms with Crippen LogP contribution in [0.15, 0.2) is 28.8 Å². The fourth-order valence-electron chi connectivity index (χ4n) is 2.25. The van der Waals surface area contributed by atoms with Crippen molar-refractivity contribution in [1.29, 1.82) is 0 Å². The second kappa shape index (κ2) is 3.92. The molecule has 0 bridgehead atoms. The molecule has 4 heteroatoms. The number of hydrogen-bond donors (Lipinski definition) is 1. The summed E-state index contributed by atoms with van der Waals surface area (Å²) < 4.78 is 5.37. The average molecular weight is 243 g/mol. The molecule has 2 unspecified atom stereocenters. The van der Waals surface area contributed by atoms with Crippen LogP contribution >= 0.6 is 0 Å². The van der Waals surface area contributed by atoms with Gasteiger partial charge in [0.15, 0.2) is 5.82 Å². The molecule has 0 amide bonds. The summed E-state index contributed by atoms with van der Waals surface area (Å²) in [5, 5.41) is 4.02. The Kier molecular flexibility index (Phi) is 2.48. The van der Waals surface area contributed by atoms with E-state index < -0.39 is 5.54 Å². The van der Waals surface area contributed by atoms with Crippen molar-refractivity contribution in [1.82, 2.24) is 10.1 Å². The van der Waals surface area contributed by atoms with Crippen LogP contribution in [0, 0.1) is 0 Å². The van der Waals surface area contributed by atoms with Gasteiger partial charge in [-0.05, 0) is 30.9 Å². The van der Waals surface area contributed by atoms with Crippen LogP contribution in [0.2, 0.25) is 0 Å². The standard InChI is InChI=1S/C14H17N3O/c1-3-14(2,15)13-16-12(18-17-13)11-8-9-6-4-5-7-10(9)11/h4-7,11H,3,8,15H2,1-2H3. The Hall–Kier alpha value is -1.68. The lowest BCUT2D eigenvalue weighted by atomic mass is 9.77. The largest absolute Gasteiger partial charge is 0.339 e. The predicted octanol–water partition coefficient (Wildman–Crippen LogP) is 2.34. The quantitative estimate of drug-likeness (QED) is 0.898. The molecule has 0 radical (unpaired) electrons. The van der Waals surface area contributed by atoms with Crippen LogP contribution in [0.4, 0.5) is 0 Å². The predicted molar refractivity (Wildman–Crippen MR) is 68.1 cm³/mol. The van der Waals surface area contributed by atoms with Crippen molar-refractivity contribution in [2.24, 2.45) is 5.73 Å². The van der Waals surface area contributed by atoms with E-state index in [1.165, 1.54) is 11.1 Å². The number of rotatable bonds is 3. The molecule has 1 aliphatic carbocycles. The molecule has 1 aliphatic rings. The van der Waals surface area contributed by atoms with Gasteiger partial charge in [0.1, 0.15) is 0 Å². The summed E-state index contributed by atoms with van der Waals surface area (Å²) in [5.74, 6) is 1.54. The molecular weight excluding hydrogens is 226 g/mol. The zero-order valence-corrected chi connectivity index (χ0v) is 10.7. The van der Waals surface area contributed by atoms with E-state index >= 15 is 0 Å². The number of hydrogen-bond acceptors (Lipinski definition) is 4. The van der Waals surface area contributed by atoms with Crippen molar-refractivity contribution >= 4 is 0 Å². The van der Waals surface area contributed by atoms with Crippen LogP contribution in [0.1, 0.15) is 49.0 Å². The van der Waals surface area contributed by atoms with E-state index in [1.807, 2.05) is 19.9 Å². The highest BCUT2D eigenvalue weighted by Crippen LogP contribution is 2.39. The second-order valence-electron chi connectivity index (χ2n) is 5.18. The van der Waals surface area contributed by atoms with Crippen LogP contribution in [-0.2, 0) is 12.0 Å². The number of nitrogens with two attached hydrogens (primary N) is 1. The zero-order chi connectivity index (χ0) is 12.8. The van der Waals surface area contributed by atoms with Gasteiger partial charge in [-0.1, -0.05) is 36.3 Å². The van der Waals surface area contributed by atoms with Crippen molar-refractivity contribution in [3.63, 3.8) is 0 Å². The molecule has 2 aromatic rings. The molecular formula is C14H17N3O. The first-order chi connectivity index (χ1) is 8.62. The summed E-state index contributed by atoms with van der Waals surface area (Å²) >= 11 is 0. The minimum absolute atomic E-state index is 0.245. The highest BCUT2D eigenvalue weighted by molar-refractivity contribution is 5.43. The first-order valence-corrected chi connectivity index (χ1v) is 6.32. The van der Waals surface area contributed by atoms with Crippen molar-refractivity contribution in [3.8, 4) is 0 Å². The fraction of sp³-hybridized carbons (Fsp3) is 0.429. The van der Waals surface area contributed by atoms with E-state index in [2.05, 4.69) is 28.3 Å². The van der Waals surface area contributed by atoms with Crippen LogP contribution in [0.5, 0.6) is 0 Å². The van der Waals surface area contributed by atoms with Crippen LogP contribution in [-0.4, -0.2) is 10.1 Å². The summed E-state index contributed by atoms with van der Waals surface area (Å²) in [7, 11) is 0. The van der Waals surface area contributed by atoms with Crippen molar-refractivity contribution in [3.05, 3.63) is 47.1 Å². The molecule has 0 saturated carbocycles. The van der Waals surface area contributed by atoms with Gasteiger partial charge in [-0.15, -0.1) is 0 Å². The van der Waals surface area contributed by atoms with Gasteiger partial charge in [0.25, 0.3) is 0 Å². The normalized spacial score (nSPS) is 20.9. The minimum atomic E-state index is -0.509. The average Bonchev–Trinajstić information content (AvgIpc) is 2.81. The summed E-state index contributed by atoms with van der Waals surface area (Å²) in [6, 6.07) is 8.36. The van der Waals surface area contributed by atoms with Crippen molar-refractivity contribution < 1.29 is 4.52 Å². The molecule has 1 aromatic carbocycles. The Morgan fingerprint density at radius 1 is 1.44 bits per heavy atom. The van der Waals surface area contributed by atoms with Gasteiger partial charge in [-0.25, -0.2) is 0 Å². The number of aromatic nitrogens is 2. The van der Waals surface area contributed by atoms with Gasteiger partial charge >= 0.3 is 0 Å². The second-order valence-corrected chi connectivity index (χ2v) is 5.18. The van der Waals surface area contributed by atoms with Gasteiger partial charge in [0.05, 0.1) is 11.5 Å². The van der Waals surface area contributed by atoms with E-state index in [9.17, 15) is 0 Å². The monoisotopic (exact) mass is 243 g/mol. The van der Waals surface area contributed by atoms with Gasteiger partial charge in [0, 0.05) is 0 Å². The maximum Gasteiger partial charge on any atom is 0.234 e. The minimum Gasteiger partial charge on any atom is -0.339 e. The highest BCUT2D eigenvalue weighted by atomic mass is 16.5. The first-order valence-electron chi connectivity index (χ1n) is 6.32. The molecule has 94 valence electrons. The lowest BCUT2D eigenvalue weighted by molar-refractivity contribution is 0.337. The van der Waals surface area contributed by atoms with Crippen molar-refractivity contribution in [2.75, 3.05) is 0 Å². The Labute approximate surface area is 106 Å². The molecule has 2 N–H and O–H groups in total. The third kappa shape index (κ3) is 1.64. The third-order valence-corrected chi connectivity index (χ3v) is 3.84. The lowest BCUT2D eigenvalue weighted by Gasteiger charge is -2.26. The van der Waals surface area contributed by atoms with Gasteiger partial charge in [0.2, 0.25) is 5.89 Å². The lowest BCUT2D eigenvalue weighted by Crippen LogP contribution is -2.33. The molecule has 1 aromatic heterocycles. The van der Waals surface area contributed by atoms with Gasteiger partial charge in [-0.2, -0.15) is 4.98 Å². The summed E-state index contributed by atoms with van der Waals surface area (Å²) in [6.07, 6.45) is 1.76. The van der Waals surface area contributed by atoms with Gasteiger partial charge < -0.3 is 10.3 Å². The van der Waals surface area contributed by atoms with Crippen LogP contribution < -0.4 is 5.73 Å². The molecule has 0 spiro atoms. The van der Waals surface area contributed by atoms with Crippen molar-refractivity contribution in [2.45, 2.75) is 38.1 Å². The summed E-state index contributed by atoms with van der Waals surface area (Å²) in [6.45, 7) is 3.95. The van der Waals surface area contributed by atoms with E-state index in [0.29, 0.717) is 11.7 Å². The summed E-state index contributed by atoms with van der Waals surface area (Å²) in [5.41, 5.74) is 8.27. The molecule has 18 heavy (non-hydrogen) atoms. The summed E-state index contributed by atoms with van der Waals surface area (Å²) in [4.78, 5) is 4.47. The molecule has 4 nitrogen and oxygen atoms in total. The number of benzene rings is 1. The molecule has 1 heterocycles. The number of fused-ring (bicyclic) bond motifs is 1. The van der Waals surface area contributed by atoms with E-state index in [1.54, 1.807) is 0 Å². The zero-order valence-electron chi connectivity index (χ0n) is 10.7. The van der Waals surface area contributed by atoms with Gasteiger partial charge in [-0.3, -0.25) is 0 Å². The molecule has 0 saturated heterocycles. The fourth-order valence-corrected chi connectivity index (χ4v) is 2.25. The SMILES string of the molecule is CCC(C)(N)c1noc(C2Cc3ccccc32)n1. The third-order valence-electron chi connectivity index (χ3n) is 3.84. The Balaban J connectivity index is 1.89. The Bertz CT molecular complexity index is 574. The highest BCUT2D eigenvalue weighted by Gasteiger charge is 2.33. The van der Waals surface area contributed by atoms with Crippen LogP contribution in [0.25, 0.3) is 0 Å². The molecule has 3 rings (SSSR count). The maximum atomic E-state index is 6.12. The molecule has 0 aliphatic heterocycles. The Morgan fingerprint density at radius 3 is 2.94 bits per heavy atom. The first kappa shape index (κ1) is 11.4. The van der Waals surface area contributed by atoms with E-state index in [-0.39, 0.29) is 5.92 Å².